The quantitative estimate of drug-likeness (QED) is 0.441. The molecule has 7 nitrogen and oxygen atoms in total. The fraction of sp³-hybridized carbons (Fsp3) is 0.387. The van der Waals surface area contributed by atoms with E-state index in [-0.39, 0.29) is 18.9 Å². The molecule has 1 fully saturated rings. The number of aliphatic imine (C=N–C) groups is 1. The van der Waals surface area contributed by atoms with Gasteiger partial charge < -0.3 is 19.4 Å². The van der Waals surface area contributed by atoms with Crippen molar-refractivity contribution in [2.45, 2.75) is 45.8 Å². The summed E-state index contributed by atoms with van der Waals surface area (Å²) in [6.07, 6.45) is 0.266. The lowest BCUT2D eigenvalue weighted by Gasteiger charge is -2.37. The van der Waals surface area contributed by atoms with E-state index in [0.29, 0.717) is 17.2 Å². The molecule has 3 heterocycles. The number of ether oxygens (including phenoxy) is 1. The van der Waals surface area contributed by atoms with E-state index in [4.69, 9.17) is 9.73 Å². The van der Waals surface area contributed by atoms with Gasteiger partial charge in [0, 0.05) is 31.9 Å². The minimum absolute atomic E-state index is 0.101. The minimum atomic E-state index is -0.427. The number of hydrogen-bond acceptors (Lipinski definition) is 7. The number of allylic oxidation sites excluding steroid dienone is 1. The molecule has 8 heteroatoms. The molecule has 0 N–H and O–H groups in total. The predicted octanol–water partition coefficient (Wildman–Crippen LogP) is 5.29. The number of esters is 1. The molecular formula is C31H36N4O3S. The van der Waals surface area contributed by atoms with E-state index in [9.17, 15) is 9.59 Å². The minimum Gasteiger partial charge on any atom is -0.457 e. The zero-order chi connectivity index (χ0) is 27.5. The molecule has 2 aromatic rings. The highest BCUT2D eigenvalue weighted by Crippen LogP contribution is 2.45. The van der Waals surface area contributed by atoms with E-state index in [0.717, 1.165) is 48.2 Å². The first-order chi connectivity index (χ1) is 18.8. The molecule has 1 atom stereocenters. The summed E-state index contributed by atoms with van der Waals surface area (Å²) in [4.78, 5) is 38.0. The van der Waals surface area contributed by atoms with Crippen molar-refractivity contribution in [3.63, 3.8) is 0 Å². The highest BCUT2D eigenvalue weighted by Gasteiger charge is 2.41. The van der Waals surface area contributed by atoms with Crippen LogP contribution in [0.3, 0.4) is 0 Å². The Bertz CT molecular complexity index is 1310. The van der Waals surface area contributed by atoms with Crippen molar-refractivity contribution in [1.82, 2.24) is 14.7 Å². The Balaban J connectivity index is 1.45. The van der Waals surface area contributed by atoms with Gasteiger partial charge in [-0.3, -0.25) is 4.79 Å². The van der Waals surface area contributed by atoms with Gasteiger partial charge in [0.1, 0.15) is 6.61 Å². The number of amides is 1. The smallest absolute Gasteiger partial charge is 0.338 e. The number of rotatable bonds is 7. The number of thioether (sulfide) groups is 1. The second-order valence-electron chi connectivity index (χ2n) is 10.6. The summed E-state index contributed by atoms with van der Waals surface area (Å²) in [7, 11) is 2.08. The number of carbonyl (C=O) groups excluding carboxylic acids is 2. The lowest BCUT2D eigenvalue weighted by molar-refractivity contribution is -0.141. The highest BCUT2D eigenvalue weighted by molar-refractivity contribution is 8.16. The van der Waals surface area contributed by atoms with Crippen molar-refractivity contribution in [3.8, 4) is 0 Å². The number of hydrogen-bond donors (Lipinski definition) is 0. The Morgan fingerprint density at radius 2 is 1.72 bits per heavy atom. The average Bonchev–Trinajstić information content (AvgIpc) is 3.33. The van der Waals surface area contributed by atoms with Gasteiger partial charge in [-0.25, -0.2) is 9.79 Å². The summed E-state index contributed by atoms with van der Waals surface area (Å²) in [6.45, 7) is 9.59. The topological polar surface area (TPSA) is 65.5 Å². The lowest BCUT2D eigenvalue weighted by Crippen LogP contribution is -2.47. The van der Waals surface area contributed by atoms with Crippen LogP contribution in [-0.4, -0.2) is 65.0 Å². The monoisotopic (exact) mass is 544 g/mol. The van der Waals surface area contributed by atoms with Crippen LogP contribution >= 0.6 is 11.8 Å². The third-order valence-electron chi connectivity index (χ3n) is 7.54. The van der Waals surface area contributed by atoms with Crippen LogP contribution in [0, 0.1) is 0 Å². The Hall–Kier alpha value is -3.36. The number of likely N-dealkylation sites (N-methyl/N-ethyl adjacent to an activating group) is 1. The number of carbonyl (C=O) groups is 2. The third kappa shape index (κ3) is 5.97. The summed E-state index contributed by atoms with van der Waals surface area (Å²) in [5, 5.41) is 2.79. The maximum absolute atomic E-state index is 13.7. The summed E-state index contributed by atoms with van der Waals surface area (Å²) >= 11 is 1.51. The Morgan fingerprint density at radius 3 is 2.38 bits per heavy atom. The second kappa shape index (κ2) is 11.8. The SMILES string of the molecule is CC1=C(C(=O)OCc2ccccc2)C(c2ccc(C(C)C)cc2)N2C(CC(=O)N3CCN(C)CC3)=CSC2=N1. The van der Waals surface area contributed by atoms with Crippen molar-refractivity contribution in [2.24, 2.45) is 4.99 Å². The fourth-order valence-corrected chi connectivity index (χ4v) is 6.10. The van der Waals surface area contributed by atoms with Crippen LogP contribution in [0.1, 0.15) is 55.8 Å². The standard InChI is InChI=1S/C31H36N4O3S/c1-21(2)24-10-12-25(13-11-24)29-28(30(37)38-19-23-8-6-5-7-9-23)22(3)32-31-35(29)26(20-39-31)18-27(36)34-16-14-33(4)15-17-34/h5-13,20-21,29H,14-19H2,1-4H3. The van der Waals surface area contributed by atoms with Gasteiger partial charge in [-0.1, -0.05) is 80.2 Å². The van der Waals surface area contributed by atoms with E-state index in [2.05, 4.69) is 55.0 Å². The van der Waals surface area contributed by atoms with Crippen LogP contribution in [0.15, 0.2) is 82.0 Å². The number of amidine groups is 1. The molecular weight excluding hydrogens is 508 g/mol. The van der Waals surface area contributed by atoms with Crippen molar-refractivity contribution < 1.29 is 14.3 Å². The predicted molar refractivity (Wildman–Crippen MR) is 156 cm³/mol. The summed E-state index contributed by atoms with van der Waals surface area (Å²) in [6, 6.07) is 17.7. The number of piperazine rings is 1. The number of fused-ring (bicyclic) bond motifs is 1. The van der Waals surface area contributed by atoms with Crippen LogP contribution in [-0.2, 0) is 20.9 Å². The number of benzene rings is 2. The van der Waals surface area contributed by atoms with Gasteiger partial charge in [0.15, 0.2) is 5.17 Å². The molecule has 1 saturated heterocycles. The summed E-state index contributed by atoms with van der Waals surface area (Å²) in [5.41, 5.74) is 5.14. The molecule has 0 aromatic heterocycles. The summed E-state index contributed by atoms with van der Waals surface area (Å²) < 4.78 is 5.82. The van der Waals surface area contributed by atoms with E-state index < -0.39 is 12.0 Å². The van der Waals surface area contributed by atoms with E-state index >= 15 is 0 Å². The van der Waals surface area contributed by atoms with Gasteiger partial charge in [-0.15, -0.1) is 0 Å². The second-order valence-corrected chi connectivity index (χ2v) is 11.5. The van der Waals surface area contributed by atoms with Crippen LogP contribution in [0.2, 0.25) is 0 Å². The van der Waals surface area contributed by atoms with Crippen LogP contribution in [0.25, 0.3) is 0 Å². The van der Waals surface area contributed by atoms with Gasteiger partial charge in [-0.05, 0) is 42.0 Å². The summed E-state index contributed by atoms with van der Waals surface area (Å²) in [5.74, 6) is 0.109. The van der Waals surface area contributed by atoms with E-state index in [1.54, 1.807) is 0 Å². The molecule has 1 unspecified atom stereocenters. The molecule has 0 spiro atoms. The molecule has 3 aliphatic rings. The first-order valence-corrected chi connectivity index (χ1v) is 14.4. The first kappa shape index (κ1) is 27.2. The Labute approximate surface area is 235 Å². The maximum atomic E-state index is 13.7. The van der Waals surface area contributed by atoms with Crippen LogP contribution in [0.4, 0.5) is 0 Å². The zero-order valence-electron chi connectivity index (χ0n) is 23.1. The largest absolute Gasteiger partial charge is 0.457 e. The molecule has 0 aliphatic carbocycles. The van der Waals surface area contributed by atoms with Gasteiger partial charge >= 0.3 is 5.97 Å². The zero-order valence-corrected chi connectivity index (χ0v) is 23.9. The molecule has 39 heavy (non-hydrogen) atoms. The maximum Gasteiger partial charge on any atom is 0.338 e. The Kier molecular flexibility index (Phi) is 8.23. The molecule has 0 saturated carbocycles. The number of nitrogens with zero attached hydrogens (tertiary/aromatic N) is 4. The highest BCUT2D eigenvalue weighted by atomic mass is 32.2. The van der Waals surface area contributed by atoms with E-state index in [1.165, 1.54) is 17.3 Å². The average molecular weight is 545 g/mol. The van der Waals surface area contributed by atoms with Crippen molar-refractivity contribution in [2.75, 3.05) is 33.2 Å². The molecule has 5 rings (SSSR count). The van der Waals surface area contributed by atoms with Gasteiger partial charge in [0.05, 0.1) is 23.7 Å². The molecule has 0 radical (unpaired) electrons. The molecule has 3 aliphatic heterocycles. The first-order valence-electron chi connectivity index (χ1n) is 13.5. The molecule has 204 valence electrons. The van der Waals surface area contributed by atoms with E-state index in [1.807, 2.05) is 47.6 Å². The molecule has 2 aromatic carbocycles. The molecule has 1 amide bonds. The molecule has 0 bridgehead atoms. The van der Waals surface area contributed by atoms with Gasteiger partial charge in [-0.2, -0.15) is 0 Å². The third-order valence-corrected chi connectivity index (χ3v) is 8.43. The normalized spacial score (nSPS) is 19.7. The fourth-order valence-electron chi connectivity index (χ4n) is 5.13. The van der Waals surface area contributed by atoms with Crippen molar-refractivity contribution >= 4 is 28.8 Å². The van der Waals surface area contributed by atoms with Crippen LogP contribution in [0.5, 0.6) is 0 Å². The van der Waals surface area contributed by atoms with Crippen LogP contribution < -0.4 is 0 Å². The van der Waals surface area contributed by atoms with Crippen molar-refractivity contribution in [1.29, 1.82) is 0 Å². The van der Waals surface area contributed by atoms with Gasteiger partial charge in [0.2, 0.25) is 5.91 Å². The lowest BCUT2D eigenvalue weighted by atomic mass is 9.92. The Morgan fingerprint density at radius 1 is 1.03 bits per heavy atom. The van der Waals surface area contributed by atoms with Gasteiger partial charge in [0.25, 0.3) is 0 Å². The van der Waals surface area contributed by atoms with Crippen molar-refractivity contribution in [3.05, 3.63) is 93.7 Å².